The summed E-state index contributed by atoms with van der Waals surface area (Å²) in [4.78, 5) is 26.3. The van der Waals surface area contributed by atoms with Crippen molar-refractivity contribution in [2.75, 3.05) is 40.3 Å². The van der Waals surface area contributed by atoms with Gasteiger partial charge in [0, 0.05) is 33.1 Å². The van der Waals surface area contributed by atoms with Gasteiger partial charge in [0.2, 0.25) is 11.8 Å². The SMILES string of the molecule is CN(C)C(=O)CCN(CC(N)=O)C1CCNCC1. The maximum absolute atomic E-state index is 11.6. The van der Waals surface area contributed by atoms with Gasteiger partial charge in [0.25, 0.3) is 0 Å². The van der Waals surface area contributed by atoms with Crippen molar-refractivity contribution < 1.29 is 9.59 Å². The van der Waals surface area contributed by atoms with Crippen LogP contribution < -0.4 is 11.1 Å². The van der Waals surface area contributed by atoms with Gasteiger partial charge in [-0.1, -0.05) is 0 Å². The summed E-state index contributed by atoms with van der Waals surface area (Å²) in [6.45, 7) is 2.76. The van der Waals surface area contributed by atoms with Crippen molar-refractivity contribution in [3.05, 3.63) is 0 Å². The number of amides is 2. The molecular weight excluding hydrogens is 232 g/mol. The lowest BCUT2D eigenvalue weighted by Gasteiger charge is -2.33. The molecule has 0 saturated carbocycles. The van der Waals surface area contributed by atoms with E-state index in [1.165, 1.54) is 0 Å². The monoisotopic (exact) mass is 256 g/mol. The Kier molecular flexibility index (Phi) is 6.07. The molecule has 18 heavy (non-hydrogen) atoms. The summed E-state index contributed by atoms with van der Waals surface area (Å²) in [6.07, 6.45) is 2.44. The van der Waals surface area contributed by atoms with Gasteiger partial charge in [-0.05, 0) is 25.9 Å². The summed E-state index contributed by atoms with van der Waals surface area (Å²) in [5, 5.41) is 3.29. The molecule has 0 aromatic heterocycles. The van der Waals surface area contributed by atoms with Crippen molar-refractivity contribution in [3.63, 3.8) is 0 Å². The van der Waals surface area contributed by atoms with Gasteiger partial charge >= 0.3 is 0 Å². The standard InChI is InChI=1S/C12H24N4O2/c1-15(2)12(18)5-8-16(9-11(13)17)10-3-6-14-7-4-10/h10,14H,3-9H2,1-2H3,(H2,13,17). The molecule has 2 amide bonds. The molecule has 0 aliphatic carbocycles. The molecule has 104 valence electrons. The van der Waals surface area contributed by atoms with Crippen molar-refractivity contribution in [1.82, 2.24) is 15.1 Å². The van der Waals surface area contributed by atoms with E-state index in [0.717, 1.165) is 25.9 Å². The summed E-state index contributed by atoms with van der Waals surface area (Å²) in [6, 6.07) is 0.355. The van der Waals surface area contributed by atoms with Crippen molar-refractivity contribution >= 4 is 11.8 Å². The Labute approximate surface area is 108 Å². The molecule has 1 aliphatic heterocycles. The molecule has 0 bridgehead atoms. The molecule has 6 heteroatoms. The van der Waals surface area contributed by atoms with Crippen LogP contribution >= 0.6 is 0 Å². The Balaban J connectivity index is 2.49. The molecule has 0 unspecified atom stereocenters. The zero-order valence-electron chi connectivity index (χ0n) is 11.3. The van der Waals surface area contributed by atoms with Crippen LogP contribution in [-0.4, -0.2) is 67.9 Å². The highest BCUT2D eigenvalue weighted by molar-refractivity contribution is 5.77. The Morgan fingerprint density at radius 1 is 1.28 bits per heavy atom. The number of hydrogen-bond donors (Lipinski definition) is 2. The molecule has 0 aromatic carbocycles. The first-order chi connectivity index (χ1) is 8.50. The van der Waals surface area contributed by atoms with Crippen LogP contribution in [0.3, 0.4) is 0 Å². The fourth-order valence-electron chi connectivity index (χ4n) is 2.23. The van der Waals surface area contributed by atoms with Gasteiger partial charge in [0.15, 0.2) is 0 Å². The number of rotatable bonds is 6. The number of piperidine rings is 1. The predicted octanol–water partition coefficient (Wildman–Crippen LogP) is -0.996. The highest BCUT2D eigenvalue weighted by atomic mass is 16.2. The van der Waals surface area contributed by atoms with Crippen LogP contribution in [0.2, 0.25) is 0 Å². The van der Waals surface area contributed by atoms with Crippen LogP contribution in [-0.2, 0) is 9.59 Å². The number of primary amides is 1. The summed E-state index contributed by atoms with van der Waals surface area (Å²) < 4.78 is 0. The van der Waals surface area contributed by atoms with Gasteiger partial charge in [-0.25, -0.2) is 0 Å². The molecule has 1 aliphatic rings. The summed E-state index contributed by atoms with van der Waals surface area (Å²) in [5.41, 5.74) is 5.27. The number of carbonyl (C=O) groups is 2. The zero-order chi connectivity index (χ0) is 13.5. The molecule has 0 spiro atoms. The number of nitrogens with zero attached hydrogens (tertiary/aromatic N) is 2. The van der Waals surface area contributed by atoms with Gasteiger partial charge in [-0.2, -0.15) is 0 Å². The minimum atomic E-state index is -0.328. The largest absolute Gasteiger partial charge is 0.369 e. The third-order valence-electron chi connectivity index (χ3n) is 3.30. The molecule has 1 heterocycles. The maximum atomic E-state index is 11.6. The van der Waals surface area contributed by atoms with Crippen LogP contribution in [0.15, 0.2) is 0 Å². The van der Waals surface area contributed by atoms with Gasteiger partial charge < -0.3 is 16.0 Å². The Bertz CT molecular complexity index is 288. The van der Waals surface area contributed by atoms with E-state index in [2.05, 4.69) is 5.32 Å². The Morgan fingerprint density at radius 3 is 2.39 bits per heavy atom. The van der Waals surface area contributed by atoms with E-state index in [-0.39, 0.29) is 18.4 Å². The average Bonchev–Trinajstić information content (AvgIpc) is 2.34. The van der Waals surface area contributed by atoms with Crippen LogP contribution in [0, 0.1) is 0 Å². The lowest BCUT2D eigenvalue weighted by molar-refractivity contribution is -0.130. The first-order valence-electron chi connectivity index (χ1n) is 6.44. The number of hydrogen-bond acceptors (Lipinski definition) is 4. The van der Waals surface area contributed by atoms with E-state index < -0.39 is 0 Å². The molecule has 1 rings (SSSR count). The lowest BCUT2D eigenvalue weighted by Crippen LogP contribution is -2.47. The Hall–Kier alpha value is -1.14. The second-order valence-electron chi connectivity index (χ2n) is 4.96. The molecule has 1 fully saturated rings. The molecule has 0 atom stereocenters. The van der Waals surface area contributed by atoms with Crippen molar-refractivity contribution in [3.8, 4) is 0 Å². The Morgan fingerprint density at radius 2 is 1.89 bits per heavy atom. The number of carbonyl (C=O) groups excluding carboxylic acids is 2. The third-order valence-corrected chi connectivity index (χ3v) is 3.30. The normalized spacial score (nSPS) is 16.8. The second-order valence-corrected chi connectivity index (χ2v) is 4.96. The summed E-state index contributed by atoms with van der Waals surface area (Å²) in [7, 11) is 3.48. The van der Waals surface area contributed by atoms with E-state index >= 15 is 0 Å². The molecule has 6 nitrogen and oxygen atoms in total. The van der Waals surface area contributed by atoms with Crippen LogP contribution in [0.4, 0.5) is 0 Å². The minimum absolute atomic E-state index is 0.0819. The second kappa shape index (κ2) is 7.33. The third kappa shape index (κ3) is 5.01. The van der Waals surface area contributed by atoms with Gasteiger partial charge in [-0.3, -0.25) is 14.5 Å². The molecule has 0 aromatic rings. The van der Waals surface area contributed by atoms with E-state index in [4.69, 9.17) is 5.73 Å². The fraction of sp³-hybridized carbons (Fsp3) is 0.833. The van der Waals surface area contributed by atoms with E-state index in [1.807, 2.05) is 4.90 Å². The molecule has 0 radical (unpaired) electrons. The number of nitrogens with two attached hydrogens (primary N) is 1. The van der Waals surface area contributed by atoms with Gasteiger partial charge in [0.1, 0.15) is 0 Å². The lowest BCUT2D eigenvalue weighted by atomic mass is 10.0. The first-order valence-corrected chi connectivity index (χ1v) is 6.44. The van der Waals surface area contributed by atoms with Crippen molar-refractivity contribution in [2.45, 2.75) is 25.3 Å². The zero-order valence-corrected chi connectivity index (χ0v) is 11.3. The van der Waals surface area contributed by atoms with Crippen molar-refractivity contribution in [1.29, 1.82) is 0 Å². The maximum Gasteiger partial charge on any atom is 0.231 e. The van der Waals surface area contributed by atoms with Crippen molar-refractivity contribution in [2.24, 2.45) is 5.73 Å². The van der Waals surface area contributed by atoms with Crippen LogP contribution in [0.1, 0.15) is 19.3 Å². The van der Waals surface area contributed by atoms with Gasteiger partial charge in [0.05, 0.1) is 6.54 Å². The fourth-order valence-corrected chi connectivity index (χ4v) is 2.23. The predicted molar refractivity (Wildman–Crippen MR) is 70.0 cm³/mol. The first kappa shape index (κ1) is 14.9. The van der Waals surface area contributed by atoms with E-state index in [9.17, 15) is 9.59 Å². The van der Waals surface area contributed by atoms with Gasteiger partial charge in [-0.15, -0.1) is 0 Å². The minimum Gasteiger partial charge on any atom is -0.369 e. The average molecular weight is 256 g/mol. The van der Waals surface area contributed by atoms with Crippen LogP contribution in [0.25, 0.3) is 0 Å². The highest BCUT2D eigenvalue weighted by Crippen LogP contribution is 2.12. The molecular formula is C12H24N4O2. The summed E-state index contributed by atoms with van der Waals surface area (Å²) >= 11 is 0. The van der Waals surface area contributed by atoms with E-state index in [0.29, 0.717) is 19.0 Å². The smallest absolute Gasteiger partial charge is 0.231 e. The van der Waals surface area contributed by atoms with E-state index in [1.54, 1.807) is 19.0 Å². The van der Waals surface area contributed by atoms with Crippen LogP contribution in [0.5, 0.6) is 0 Å². The highest BCUT2D eigenvalue weighted by Gasteiger charge is 2.22. The molecule has 3 N–H and O–H groups in total. The number of nitrogens with one attached hydrogen (secondary N) is 1. The topological polar surface area (TPSA) is 78.7 Å². The quantitative estimate of drug-likeness (QED) is 0.639. The molecule has 1 saturated heterocycles. The summed E-state index contributed by atoms with van der Waals surface area (Å²) in [5.74, 6) is -0.246.